The van der Waals surface area contributed by atoms with Crippen LogP contribution in [-0.4, -0.2) is 61.4 Å². The van der Waals surface area contributed by atoms with Gasteiger partial charge in [0.15, 0.2) is 11.4 Å². The zero-order valence-corrected chi connectivity index (χ0v) is 5.98. The Morgan fingerprint density at radius 3 is 2.07 bits per heavy atom. The maximum atomic E-state index is 11.9. The number of rotatable bonds is 0. The van der Waals surface area contributed by atoms with E-state index in [1.165, 1.54) is 12.1 Å². The first-order valence-electron chi connectivity index (χ1n) is 2.96. The van der Waals surface area contributed by atoms with Crippen LogP contribution in [0.1, 0.15) is 17.2 Å². The van der Waals surface area contributed by atoms with Gasteiger partial charge in [-0.2, -0.15) is 23.7 Å². The van der Waals surface area contributed by atoms with Crippen molar-refractivity contribution in [2.24, 2.45) is 0 Å². The first-order valence-corrected chi connectivity index (χ1v) is 2.96. The predicted octanol–water partition coefficient (Wildman–Crippen LogP) is 0.523. The zero-order valence-electron chi connectivity index (χ0n) is 5.98. The van der Waals surface area contributed by atoms with Crippen LogP contribution in [0.25, 0.3) is 0 Å². The number of hydrogen-bond donors (Lipinski definition) is 1. The topological polar surface area (TPSA) is 76.3 Å². The first-order chi connectivity index (χ1) is 5.99. The van der Waals surface area contributed by atoms with Crippen LogP contribution >= 0.6 is 0 Å². The van der Waals surface area contributed by atoms with E-state index in [1.54, 1.807) is 4.98 Å². The van der Waals surface area contributed by atoms with Gasteiger partial charge in [-0.1, -0.05) is 0 Å². The second-order valence-electron chi connectivity index (χ2n) is 2.03. The predicted molar refractivity (Wildman–Crippen MR) is 40.2 cm³/mol. The van der Waals surface area contributed by atoms with Crippen molar-refractivity contribution in [2.45, 2.75) is 6.18 Å². The molecule has 0 atom stereocenters. The van der Waals surface area contributed by atoms with Gasteiger partial charge in [-0.05, 0) is 0 Å². The fourth-order valence-electron chi connectivity index (χ4n) is 0.669. The van der Waals surface area contributed by atoms with E-state index < -0.39 is 23.4 Å². The number of hydrogen-bond acceptors (Lipinski definition) is 3. The van der Waals surface area contributed by atoms with Gasteiger partial charge in [0, 0.05) is 0 Å². The Hall–Kier alpha value is -0.384. The van der Waals surface area contributed by atoms with Gasteiger partial charge < -0.3 is 4.98 Å². The number of aromatic nitrogens is 2. The van der Waals surface area contributed by atoms with Gasteiger partial charge in [0.25, 0.3) is 0 Å². The fourth-order valence-corrected chi connectivity index (χ4v) is 0.669. The molecule has 1 rings (SSSR count). The van der Waals surface area contributed by atoms with Crippen molar-refractivity contribution < 1.29 is 13.2 Å². The van der Waals surface area contributed by atoms with Gasteiger partial charge >= 0.3 is 57.6 Å². The van der Waals surface area contributed by atoms with Gasteiger partial charge in [0.2, 0.25) is 5.82 Å². The maximum absolute atomic E-state index is 11.9. The number of aromatic amines is 1. The molecular formula is C6H2F3KN4. The van der Waals surface area contributed by atoms with Crippen LogP contribution in [0.3, 0.4) is 0 Å². The second-order valence-corrected chi connectivity index (χ2v) is 2.03. The second kappa shape index (κ2) is 4.91. The monoisotopic (exact) mass is 226 g/mol. The van der Waals surface area contributed by atoms with E-state index in [0.29, 0.717) is 0 Å². The summed E-state index contributed by atoms with van der Waals surface area (Å²) in [6, 6.07) is 2.77. The molecule has 0 aliphatic rings. The number of nitrogens with zero attached hydrogens (tertiary/aromatic N) is 3. The Bertz CT molecular complexity index is 377. The zero-order chi connectivity index (χ0) is 10.1. The first kappa shape index (κ1) is 13.6. The molecule has 0 spiro atoms. The van der Waals surface area contributed by atoms with Crippen LogP contribution in [0, 0.1) is 22.7 Å². The van der Waals surface area contributed by atoms with Crippen molar-refractivity contribution in [3.8, 4) is 12.1 Å². The van der Waals surface area contributed by atoms with E-state index in [-0.39, 0.29) is 51.4 Å². The van der Waals surface area contributed by atoms with E-state index in [2.05, 4.69) is 4.98 Å². The van der Waals surface area contributed by atoms with Crippen molar-refractivity contribution in [3.05, 3.63) is 17.2 Å². The third kappa shape index (κ3) is 2.80. The summed E-state index contributed by atoms with van der Waals surface area (Å²) in [6.45, 7) is 0. The van der Waals surface area contributed by atoms with Gasteiger partial charge in [-0.3, -0.25) is 0 Å². The average Bonchev–Trinajstić information content (AvgIpc) is 2.45. The number of imidazole rings is 1. The normalized spacial score (nSPS) is 9.79. The molecule has 8 heteroatoms. The summed E-state index contributed by atoms with van der Waals surface area (Å²) in [5, 5.41) is 16.6. The molecule has 0 bridgehead atoms. The van der Waals surface area contributed by atoms with Gasteiger partial charge in [-0.15, -0.1) is 0 Å². The standard InChI is InChI=1S/C6HF3N4.K.H/c7-6(8,9)5-12-3(1-10)4(2-11)13-5;;/h(H,12,13);;. The van der Waals surface area contributed by atoms with Gasteiger partial charge in [0.1, 0.15) is 12.1 Å². The molecule has 1 aromatic rings. The molecule has 0 fully saturated rings. The molecular weight excluding hydrogens is 224 g/mol. The minimum atomic E-state index is -4.67. The third-order valence-corrected chi connectivity index (χ3v) is 1.19. The number of halogens is 3. The molecule has 0 aliphatic carbocycles. The summed E-state index contributed by atoms with van der Waals surface area (Å²) in [7, 11) is 0. The molecule has 1 N–H and O–H groups in total. The van der Waals surface area contributed by atoms with E-state index >= 15 is 0 Å². The molecule has 0 amide bonds. The molecule has 1 aromatic heterocycles. The molecule has 0 radical (unpaired) electrons. The summed E-state index contributed by atoms with van der Waals surface area (Å²) >= 11 is 0. The van der Waals surface area contributed by atoms with Gasteiger partial charge in [0.05, 0.1) is 0 Å². The third-order valence-electron chi connectivity index (χ3n) is 1.19. The Kier molecular flexibility index (Phi) is 4.78. The SMILES string of the molecule is N#Cc1nc(C(F)(F)F)[nH]c1C#N.[KH]. The molecule has 1 heterocycles. The Morgan fingerprint density at radius 2 is 1.79 bits per heavy atom. The summed E-state index contributed by atoms with van der Waals surface area (Å²) < 4.78 is 35.8. The van der Waals surface area contributed by atoms with Gasteiger partial charge in [-0.25, -0.2) is 4.98 Å². The minimum absolute atomic E-state index is 0. The number of nitriles is 2. The molecule has 0 unspecified atom stereocenters. The number of H-pyrrole nitrogens is 1. The van der Waals surface area contributed by atoms with E-state index in [9.17, 15) is 13.2 Å². The van der Waals surface area contributed by atoms with Crippen molar-refractivity contribution in [2.75, 3.05) is 0 Å². The molecule has 68 valence electrons. The molecule has 4 nitrogen and oxygen atoms in total. The van der Waals surface area contributed by atoms with Crippen LogP contribution in [0.15, 0.2) is 0 Å². The van der Waals surface area contributed by atoms with E-state index in [0.717, 1.165) is 0 Å². The quantitative estimate of drug-likeness (QED) is 0.655. The van der Waals surface area contributed by atoms with Crippen molar-refractivity contribution in [1.29, 1.82) is 10.5 Å². The Labute approximate surface area is 119 Å². The number of alkyl halides is 3. The molecule has 0 aliphatic heterocycles. The van der Waals surface area contributed by atoms with Crippen LogP contribution in [0.2, 0.25) is 0 Å². The Morgan fingerprint density at radius 1 is 1.21 bits per heavy atom. The molecule has 14 heavy (non-hydrogen) atoms. The average molecular weight is 226 g/mol. The van der Waals surface area contributed by atoms with Crippen molar-refractivity contribution in [3.63, 3.8) is 0 Å². The van der Waals surface area contributed by atoms with Crippen LogP contribution < -0.4 is 0 Å². The Balaban J connectivity index is 0.00000169. The van der Waals surface area contributed by atoms with Crippen LogP contribution in [-0.2, 0) is 6.18 Å². The summed E-state index contributed by atoms with van der Waals surface area (Å²) in [5.41, 5.74) is -1.02. The van der Waals surface area contributed by atoms with Crippen molar-refractivity contribution in [1.82, 2.24) is 9.97 Å². The molecule has 0 saturated carbocycles. The van der Waals surface area contributed by atoms with E-state index in [4.69, 9.17) is 10.5 Å². The van der Waals surface area contributed by atoms with E-state index in [1.807, 2.05) is 0 Å². The summed E-state index contributed by atoms with van der Waals surface area (Å²) in [4.78, 5) is 4.61. The molecule has 0 saturated heterocycles. The number of nitrogens with one attached hydrogen (secondary N) is 1. The van der Waals surface area contributed by atoms with Crippen LogP contribution in [0.4, 0.5) is 13.2 Å². The fraction of sp³-hybridized carbons (Fsp3) is 0.167. The summed E-state index contributed by atoms with van der Waals surface area (Å²) in [5.74, 6) is -1.33. The molecule has 0 aromatic carbocycles. The van der Waals surface area contributed by atoms with Crippen LogP contribution in [0.5, 0.6) is 0 Å². The van der Waals surface area contributed by atoms with Crippen molar-refractivity contribution >= 4 is 51.4 Å². The summed E-state index contributed by atoms with van der Waals surface area (Å²) in [6.07, 6.45) is -4.67.